The largest absolute Gasteiger partial charge is 0.507 e. The second-order valence-corrected chi connectivity index (χ2v) is 14.2. The van der Waals surface area contributed by atoms with Crippen LogP contribution in [0, 0.1) is 31.6 Å². The third-order valence-corrected chi connectivity index (χ3v) is 9.95. The quantitative estimate of drug-likeness (QED) is 0.191. The molecule has 3 aromatic carbocycles. The number of aromatic hydroxyl groups is 1. The number of benzene rings is 3. The number of fused-ring (bicyclic) bond motifs is 2. The van der Waals surface area contributed by atoms with Crippen LogP contribution < -0.4 is 10.1 Å². The Balaban J connectivity index is 1.32. The lowest BCUT2D eigenvalue weighted by molar-refractivity contribution is 0.0511. The highest BCUT2D eigenvalue weighted by Crippen LogP contribution is 2.45. The normalized spacial score (nSPS) is 18.1. The summed E-state index contributed by atoms with van der Waals surface area (Å²) in [6, 6.07) is 14.8. The molecule has 3 nitrogen and oxygen atoms in total. The van der Waals surface area contributed by atoms with E-state index in [1.54, 1.807) is 0 Å². The van der Waals surface area contributed by atoms with Gasteiger partial charge in [0.15, 0.2) is 0 Å². The van der Waals surface area contributed by atoms with Gasteiger partial charge in [0.2, 0.25) is 0 Å². The minimum absolute atomic E-state index is 0.147. The Labute approximate surface area is 256 Å². The summed E-state index contributed by atoms with van der Waals surface area (Å²) < 4.78 is 6.86. The van der Waals surface area contributed by atoms with E-state index in [0.29, 0.717) is 12.3 Å². The lowest BCUT2D eigenvalue weighted by atomic mass is 9.83. The lowest BCUT2D eigenvalue weighted by Crippen LogP contribution is -2.37. The molecule has 0 aliphatic carbocycles. The summed E-state index contributed by atoms with van der Waals surface area (Å²) in [5.74, 6) is 3.90. The van der Waals surface area contributed by atoms with E-state index in [4.69, 9.17) is 4.74 Å². The monoisotopic (exact) mass is 571 g/mol. The number of nitrogens with one attached hydrogen (secondary N) is 1. The van der Waals surface area contributed by atoms with Crippen molar-refractivity contribution in [2.75, 3.05) is 5.32 Å². The Morgan fingerprint density at radius 3 is 2.19 bits per heavy atom. The van der Waals surface area contributed by atoms with E-state index >= 15 is 0 Å². The third-order valence-electron chi connectivity index (χ3n) is 9.95. The van der Waals surface area contributed by atoms with Gasteiger partial charge in [0, 0.05) is 28.7 Å². The highest BCUT2D eigenvalue weighted by molar-refractivity contribution is 5.93. The van der Waals surface area contributed by atoms with Crippen LogP contribution in [-0.4, -0.2) is 10.7 Å². The van der Waals surface area contributed by atoms with Crippen LogP contribution in [0.15, 0.2) is 42.5 Å². The minimum atomic E-state index is -0.147. The Morgan fingerprint density at radius 2 is 1.48 bits per heavy atom. The van der Waals surface area contributed by atoms with Gasteiger partial charge in [0.05, 0.1) is 0 Å². The van der Waals surface area contributed by atoms with Crippen LogP contribution in [0.2, 0.25) is 0 Å². The van der Waals surface area contributed by atoms with Crippen LogP contribution in [0.5, 0.6) is 11.5 Å². The lowest BCUT2D eigenvalue weighted by Gasteiger charge is -2.38. The van der Waals surface area contributed by atoms with E-state index in [2.05, 4.69) is 89.3 Å². The van der Waals surface area contributed by atoms with Crippen LogP contribution >= 0.6 is 0 Å². The van der Waals surface area contributed by atoms with Crippen LogP contribution in [-0.2, 0) is 13.0 Å². The van der Waals surface area contributed by atoms with E-state index in [1.165, 1.54) is 67.7 Å². The summed E-state index contributed by atoms with van der Waals surface area (Å²) in [6.45, 7) is 16.6. The zero-order valence-corrected chi connectivity index (χ0v) is 27.6. The first-order valence-electron chi connectivity index (χ1n) is 16.8. The number of hydrogen-bond acceptors (Lipinski definition) is 3. The molecule has 0 fully saturated rings. The molecule has 0 amide bonds. The maximum absolute atomic E-state index is 11.2. The molecule has 230 valence electrons. The van der Waals surface area contributed by atoms with Gasteiger partial charge in [0.25, 0.3) is 0 Å². The Kier molecular flexibility index (Phi) is 11.3. The summed E-state index contributed by atoms with van der Waals surface area (Å²) in [7, 11) is 0. The van der Waals surface area contributed by atoms with E-state index < -0.39 is 0 Å². The highest BCUT2D eigenvalue weighted by atomic mass is 16.5. The Morgan fingerprint density at radius 1 is 0.833 bits per heavy atom. The molecular weight excluding hydrogens is 514 g/mol. The molecule has 3 atom stereocenters. The standard InChI is InChI=1S/C39H57NO2/c1-27(2)14-10-15-28(3)16-11-17-29(4)18-13-24-39(7)25-23-34-35(37(41)30(5)31(6)38(34)42-39)26-40-36-22-12-20-32-19-8-9-21-33(32)36/h8-9,12,19-22,27-29,40-41H,10-11,13-18,23-26H2,1-7H3. The molecule has 1 aliphatic rings. The molecule has 0 aromatic heterocycles. The predicted molar refractivity (Wildman–Crippen MR) is 181 cm³/mol. The summed E-state index contributed by atoms with van der Waals surface area (Å²) >= 11 is 0. The van der Waals surface area contributed by atoms with Crippen LogP contribution in [0.3, 0.4) is 0 Å². The predicted octanol–water partition coefficient (Wildman–Crippen LogP) is 11.3. The van der Waals surface area contributed by atoms with Crippen molar-refractivity contribution in [3.8, 4) is 11.5 Å². The number of anilines is 1. The number of phenolic OH excluding ortho intramolecular Hbond substituents is 1. The van der Waals surface area contributed by atoms with Crippen molar-refractivity contribution in [1.29, 1.82) is 0 Å². The summed E-state index contributed by atoms with van der Waals surface area (Å²) in [4.78, 5) is 0. The van der Waals surface area contributed by atoms with E-state index in [1.807, 2.05) is 6.92 Å². The summed E-state index contributed by atoms with van der Waals surface area (Å²) in [5.41, 5.74) is 5.12. The SMILES string of the molecule is Cc1c(C)c2c(c(CNc3cccc4ccccc34)c1O)CCC(C)(CCCC(C)CCCC(C)CCCC(C)C)O2. The number of phenols is 1. The third kappa shape index (κ3) is 8.23. The average molecular weight is 572 g/mol. The first-order chi connectivity index (χ1) is 20.1. The van der Waals surface area contributed by atoms with Gasteiger partial charge in [-0.1, -0.05) is 109 Å². The molecule has 1 heterocycles. The first-order valence-corrected chi connectivity index (χ1v) is 16.8. The van der Waals surface area contributed by atoms with Crippen molar-refractivity contribution >= 4 is 16.5 Å². The van der Waals surface area contributed by atoms with Gasteiger partial charge in [-0.05, 0) is 86.8 Å². The number of ether oxygens (including phenoxy) is 1. The van der Waals surface area contributed by atoms with Gasteiger partial charge in [-0.25, -0.2) is 0 Å². The van der Waals surface area contributed by atoms with Gasteiger partial charge in [-0.15, -0.1) is 0 Å². The molecule has 4 rings (SSSR count). The molecule has 0 saturated carbocycles. The molecular formula is C39H57NO2. The molecule has 3 aromatic rings. The van der Waals surface area contributed by atoms with Crippen molar-refractivity contribution in [3.63, 3.8) is 0 Å². The van der Waals surface area contributed by atoms with E-state index in [-0.39, 0.29) is 5.60 Å². The fourth-order valence-electron chi connectivity index (χ4n) is 6.90. The number of rotatable bonds is 15. The van der Waals surface area contributed by atoms with Crippen LogP contribution in [0.1, 0.15) is 121 Å². The van der Waals surface area contributed by atoms with Crippen LogP contribution in [0.4, 0.5) is 5.69 Å². The van der Waals surface area contributed by atoms with E-state index in [9.17, 15) is 5.11 Å². The van der Waals surface area contributed by atoms with Crippen molar-refractivity contribution in [1.82, 2.24) is 0 Å². The molecule has 2 N–H and O–H groups in total. The molecule has 3 unspecified atom stereocenters. The summed E-state index contributed by atoms with van der Waals surface area (Å²) in [5, 5.41) is 17.3. The topological polar surface area (TPSA) is 41.5 Å². The average Bonchev–Trinajstić information content (AvgIpc) is 2.96. The maximum Gasteiger partial charge on any atom is 0.127 e. The van der Waals surface area contributed by atoms with Gasteiger partial charge in [0.1, 0.15) is 17.1 Å². The molecule has 3 heteroatoms. The first kappa shape index (κ1) is 32.2. The fourth-order valence-corrected chi connectivity index (χ4v) is 6.90. The fraction of sp³-hybridized carbons (Fsp3) is 0.590. The molecule has 0 spiro atoms. The second-order valence-electron chi connectivity index (χ2n) is 14.2. The number of hydrogen-bond donors (Lipinski definition) is 2. The Hall–Kier alpha value is -2.68. The Bertz CT molecular complexity index is 1310. The van der Waals surface area contributed by atoms with Crippen molar-refractivity contribution < 1.29 is 9.84 Å². The molecule has 0 bridgehead atoms. The molecule has 0 radical (unpaired) electrons. The van der Waals surface area contributed by atoms with Gasteiger partial charge < -0.3 is 15.2 Å². The van der Waals surface area contributed by atoms with Crippen molar-refractivity contribution in [3.05, 3.63) is 64.7 Å². The van der Waals surface area contributed by atoms with Crippen LogP contribution in [0.25, 0.3) is 10.8 Å². The maximum atomic E-state index is 11.2. The van der Waals surface area contributed by atoms with Crippen molar-refractivity contribution in [2.45, 2.75) is 131 Å². The summed E-state index contributed by atoms with van der Waals surface area (Å²) in [6.07, 6.45) is 13.7. The zero-order valence-electron chi connectivity index (χ0n) is 27.6. The molecule has 0 saturated heterocycles. The van der Waals surface area contributed by atoms with Gasteiger partial charge in [-0.2, -0.15) is 0 Å². The van der Waals surface area contributed by atoms with Crippen molar-refractivity contribution in [2.24, 2.45) is 17.8 Å². The highest BCUT2D eigenvalue weighted by Gasteiger charge is 2.35. The minimum Gasteiger partial charge on any atom is -0.507 e. The zero-order chi connectivity index (χ0) is 30.3. The molecule has 42 heavy (non-hydrogen) atoms. The second kappa shape index (κ2) is 14.7. The molecule has 1 aliphatic heterocycles. The van der Waals surface area contributed by atoms with E-state index in [0.717, 1.165) is 65.1 Å². The van der Waals surface area contributed by atoms with Gasteiger partial charge >= 0.3 is 0 Å². The smallest absolute Gasteiger partial charge is 0.127 e. The van der Waals surface area contributed by atoms with Gasteiger partial charge in [-0.3, -0.25) is 0 Å².